The van der Waals surface area contributed by atoms with Crippen LogP contribution in [-0.2, 0) is 0 Å². The van der Waals surface area contributed by atoms with Gasteiger partial charge >= 0.3 is 0 Å². The van der Waals surface area contributed by atoms with E-state index in [2.05, 4.69) is 142 Å². The highest BCUT2D eigenvalue weighted by Crippen LogP contribution is 2.50. The van der Waals surface area contributed by atoms with Gasteiger partial charge in [0.25, 0.3) is 0 Å². The summed E-state index contributed by atoms with van der Waals surface area (Å²) in [4.78, 5) is 2.37. The number of phenolic OH excluding ortho intramolecular Hbond substituents is 1. The van der Waals surface area contributed by atoms with Crippen molar-refractivity contribution in [3.63, 3.8) is 0 Å². The zero-order chi connectivity index (χ0) is 37.7. The molecule has 2 aliphatic rings. The number of anilines is 2. The lowest BCUT2D eigenvalue weighted by Gasteiger charge is -2.36. The number of phenols is 1. The van der Waals surface area contributed by atoms with E-state index in [-0.39, 0.29) is 22.3 Å². The molecule has 2 N–H and O–H groups in total. The van der Waals surface area contributed by atoms with Gasteiger partial charge in [-0.2, -0.15) is 4.58 Å². The van der Waals surface area contributed by atoms with Crippen molar-refractivity contribution in [3.05, 3.63) is 134 Å². The van der Waals surface area contributed by atoms with Crippen molar-refractivity contribution in [1.82, 2.24) is 0 Å². The third-order valence-corrected chi connectivity index (χ3v) is 10.5. The third-order valence-electron chi connectivity index (χ3n) is 10.5. The van der Waals surface area contributed by atoms with Crippen molar-refractivity contribution in [3.8, 4) is 5.75 Å². The fourth-order valence-corrected chi connectivity index (χ4v) is 7.98. The highest BCUT2D eigenvalue weighted by atomic mass is 16.3. The second-order valence-corrected chi connectivity index (χ2v) is 17.0. The minimum absolute atomic E-state index is 0.0296. The number of nitrogens with zero attached hydrogens (tertiary/aromatic N) is 2. The van der Waals surface area contributed by atoms with Crippen molar-refractivity contribution in [2.24, 2.45) is 10.8 Å². The maximum Gasteiger partial charge on any atom is 0.211 e. The normalized spacial score (nSPS) is 17.5. The summed E-state index contributed by atoms with van der Waals surface area (Å²) in [5, 5.41) is 23.2. The van der Waals surface area contributed by atoms with Crippen molar-refractivity contribution in [1.29, 1.82) is 0 Å². The molecule has 0 unspecified atom stereocenters. The van der Waals surface area contributed by atoms with Gasteiger partial charge in [-0.25, -0.2) is 0 Å². The number of rotatable bonds is 8. The number of aliphatic hydroxyl groups is 1. The first-order valence-corrected chi connectivity index (χ1v) is 18.4. The van der Waals surface area contributed by atoms with Crippen LogP contribution < -0.4 is 4.90 Å². The Bertz CT molecular complexity index is 2040. The van der Waals surface area contributed by atoms with Gasteiger partial charge in [-0.1, -0.05) is 71.4 Å². The molecule has 0 bridgehead atoms. The van der Waals surface area contributed by atoms with Crippen LogP contribution in [0.1, 0.15) is 93.8 Å². The summed E-state index contributed by atoms with van der Waals surface area (Å²) in [5.41, 5.74) is 17.0. The molecule has 268 valence electrons. The Balaban J connectivity index is 1.55. The quantitative estimate of drug-likeness (QED) is 0.232. The molecule has 0 heterocycles. The molecule has 5 rings (SSSR count). The maximum absolute atomic E-state index is 11.6. The van der Waals surface area contributed by atoms with E-state index in [9.17, 15) is 10.2 Å². The smallest absolute Gasteiger partial charge is 0.211 e. The van der Waals surface area contributed by atoms with Gasteiger partial charge in [0.05, 0.1) is 6.08 Å². The van der Waals surface area contributed by atoms with Crippen molar-refractivity contribution in [2.75, 3.05) is 18.0 Å². The zero-order valence-corrected chi connectivity index (χ0v) is 33.4. The number of aryl methyl sites for hydroxylation is 6. The number of benzene rings is 3. The first-order valence-electron chi connectivity index (χ1n) is 18.4. The van der Waals surface area contributed by atoms with Gasteiger partial charge in [-0.05, 0) is 124 Å². The molecule has 2 aliphatic carbocycles. The average Bonchev–Trinajstić information content (AvgIpc) is 3.00. The molecule has 0 saturated heterocycles. The second-order valence-electron chi connectivity index (χ2n) is 17.0. The predicted octanol–water partition coefficient (Wildman–Crippen LogP) is 12.3. The van der Waals surface area contributed by atoms with Crippen molar-refractivity contribution in [2.45, 2.75) is 96.4 Å². The van der Waals surface area contributed by atoms with Gasteiger partial charge in [-0.15, -0.1) is 0 Å². The minimum Gasteiger partial charge on any atom is -0.507 e. The summed E-state index contributed by atoms with van der Waals surface area (Å²) in [7, 11) is 0. The molecule has 0 aliphatic heterocycles. The zero-order valence-electron chi connectivity index (χ0n) is 33.4. The molecule has 0 amide bonds. The van der Waals surface area contributed by atoms with E-state index in [1.54, 1.807) is 0 Å². The lowest BCUT2D eigenvalue weighted by atomic mass is 9.72. The second kappa shape index (κ2) is 13.9. The van der Waals surface area contributed by atoms with Gasteiger partial charge in [0, 0.05) is 57.7 Å². The Labute approximate surface area is 307 Å². The van der Waals surface area contributed by atoms with E-state index in [4.69, 9.17) is 0 Å². The molecule has 3 aromatic rings. The maximum atomic E-state index is 11.6. The summed E-state index contributed by atoms with van der Waals surface area (Å²) in [6, 6.07) is 15.0. The van der Waals surface area contributed by atoms with Gasteiger partial charge in [0.1, 0.15) is 11.5 Å². The van der Waals surface area contributed by atoms with Crippen LogP contribution >= 0.6 is 0 Å². The van der Waals surface area contributed by atoms with Crippen LogP contribution in [-0.4, -0.2) is 33.6 Å². The SMILES string of the molecule is C=C1C(=C2C=CC(=[N+](CC(C)(C)C)c3c(C)cc(C)cc3C)C=C2O)C(C)=C1c1ccc(N(CC(C)(C)CC)c2c(C)cc(C)cc2C)cc1O. The summed E-state index contributed by atoms with van der Waals surface area (Å²) in [6.07, 6.45) is 7.05. The summed E-state index contributed by atoms with van der Waals surface area (Å²) in [5.74, 6) is 0.450. The van der Waals surface area contributed by atoms with Crippen molar-refractivity contribution >= 4 is 28.3 Å². The molecular weight excluding hydrogens is 625 g/mol. The van der Waals surface area contributed by atoms with E-state index in [1.165, 1.54) is 44.8 Å². The molecule has 51 heavy (non-hydrogen) atoms. The topological polar surface area (TPSA) is 46.7 Å². The van der Waals surface area contributed by atoms with E-state index in [1.807, 2.05) is 24.3 Å². The van der Waals surface area contributed by atoms with Gasteiger partial charge in [-0.3, -0.25) is 0 Å². The predicted molar refractivity (Wildman–Crippen MR) is 218 cm³/mol. The molecule has 0 fully saturated rings. The minimum atomic E-state index is 0.0296. The van der Waals surface area contributed by atoms with Crippen LogP contribution in [0.5, 0.6) is 5.75 Å². The fourth-order valence-electron chi connectivity index (χ4n) is 7.98. The van der Waals surface area contributed by atoms with Gasteiger partial charge in [0.2, 0.25) is 11.4 Å². The van der Waals surface area contributed by atoms with Gasteiger partial charge in [0.15, 0.2) is 6.54 Å². The lowest BCUT2D eigenvalue weighted by Crippen LogP contribution is -2.31. The molecule has 4 heteroatoms. The number of hydrogen-bond acceptors (Lipinski definition) is 3. The number of allylic oxidation sites excluding steroid dienone is 7. The Morgan fingerprint density at radius 3 is 1.80 bits per heavy atom. The Morgan fingerprint density at radius 2 is 1.31 bits per heavy atom. The van der Waals surface area contributed by atoms with E-state index >= 15 is 0 Å². The summed E-state index contributed by atoms with van der Waals surface area (Å²) in [6.45, 7) is 34.6. The van der Waals surface area contributed by atoms with Crippen molar-refractivity contribution < 1.29 is 14.8 Å². The third kappa shape index (κ3) is 7.56. The molecule has 0 spiro atoms. The number of hydrogen-bond donors (Lipinski definition) is 2. The van der Waals surface area contributed by atoms with Crippen LogP contribution in [0.4, 0.5) is 17.1 Å². The fraction of sp³-hybridized carbons (Fsp3) is 0.383. The van der Waals surface area contributed by atoms with E-state index < -0.39 is 0 Å². The monoisotopic (exact) mass is 683 g/mol. The first kappa shape index (κ1) is 37.7. The number of aliphatic hydroxyl groups excluding tert-OH is 1. The van der Waals surface area contributed by atoms with E-state index in [0.717, 1.165) is 64.3 Å². The molecule has 0 radical (unpaired) electrons. The highest BCUT2D eigenvalue weighted by Gasteiger charge is 2.34. The standard InChI is InChI=1S/C47H58N2O2/c1-15-47(13,14)27-49(45-32(6)22-29(3)23-33(45)7)37-17-19-39(41(51)25-37)43-34(8)42(35(43)9)38-18-16-36(24-40(38)50)48(26-46(10,11)12)44-30(4)20-28(2)21-31(44)5/h16-25H,8,15,26-27H2,1-7,9-14H3,(H,50,51)/p+1. The van der Waals surface area contributed by atoms with E-state index in [0.29, 0.717) is 0 Å². The Morgan fingerprint density at radius 1 is 0.745 bits per heavy atom. The molecular formula is C47H59N2O2+. The van der Waals surface area contributed by atoms with Crippen LogP contribution in [0.25, 0.3) is 5.57 Å². The van der Waals surface area contributed by atoms with Crippen LogP contribution in [0.2, 0.25) is 0 Å². The molecule has 3 aromatic carbocycles. The largest absolute Gasteiger partial charge is 0.507 e. The van der Waals surface area contributed by atoms with Crippen LogP contribution in [0.15, 0.2) is 95.3 Å². The summed E-state index contributed by atoms with van der Waals surface area (Å²) < 4.78 is 2.34. The van der Waals surface area contributed by atoms with Gasteiger partial charge < -0.3 is 15.1 Å². The summed E-state index contributed by atoms with van der Waals surface area (Å²) >= 11 is 0. The lowest BCUT2D eigenvalue weighted by molar-refractivity contribution is -0.456. The number of aromatic hydroxyl groups is 1. The average molecular weight is 684 g/mol. The van der Waals surface area contributed by atoms with Crippen LogP contribution in [0, 0.1) is 52.4 Å². The highest BCUT2D eigenvalue weighted by molar-refractivity contribution is 6.06. The molecule has 4 nitrogen and oxygen atoms in total. The Kier molecular flexibility index (Phi) is 10.2. The van der Waals surface area contributed by atoms with Crippen LogP contribution in [0.3, 0.4) is 0 Å². The Hall–Kier alpha value is -4.57. The molecule has 0 aromatic heterocycles. The first-order chi connectivity index (χ1) is 23.7. The molecule has 0 atom stereocenters. The molecule has 0 saturated carbocycles.